The lowest BCUT2D eigenvalue weighted by atomic mass is 9.92. The number of nitrogens with one attached hydrogen (secondary N) is 1. The molecule has 0 radical (unpaired) electrons. The molecule has 18 heavy (non-hydrogen) atoms. The minimum absolute atomic E-state index is 0.0164. The fraction of sp³-hybridized carbons (Fsp3) is 0.600. The molecule has 0 aliphatic heterocycles. The molecule has 98 valence electrons. The zero-order chi connectivity index (χ0) is 13.3. The van der Waals surface area contributed by atoms with Crippen LogP contribution in [0.3, 0.4) is 0 Å². The van der Waals surface area contributed by atoms with Crippen molar-refractivity contribution < 1.29 is 4.79 Å². The molecule has 2 rings (SSSR count). The maximum atomic E-state index is 12.2. The van der Waals surface area contributed by atoms with Crippen molar-refractivity contribution in [3.63, 3.8) is 0 Å². The Hall–Kier alpha value is -1.38. The summed E-state index contributed by atoms with van der Waals surface area (Å²) in [7, 11) is 0. The summed E-state index contributed by atoms with van der Waals surface area (Å²) in [6, 6.07) is 4.07. The van der Waals surface area contributed by atoms with E-state index in [1.807, 2.05) is 26.0 Å². The van der Waals surface area contributed by atoms with E-state index in [4.69, 9.17) is 0 Å². The highest BCUT2D eigenvalue weighted by molar-refractivity contribution is 5.95. The van der Waals surface area contributed by atoms with Crippen molar-refractivity contribution in [3.8, 4) is 0 Å². The van der Waals surface area contributed by atoms with E-state index in [1.54, 1.807) is 0 Å². The molecule has 1 heterocycles. The first kappa shape index (κ1) is 13.1. The minimum Gasteiger partial charge on any atom is -0.349 e. The van der Waals surface area contributed by atoms with Gasteiger partial charge >= 0.3 is 0 Å². The van der Waals surface area contributed by atoms with Gasteiger partial charge in [0, 0.05) is 11.7 Å². The molecule has 0 aromatic carbocycles. The number of carbonyl (C=O) groups is 1. The van der Waals surface area contributed by atoms with Crippen molar-refractivity contribution in [1.29, 1.82) is 0 Å². The molecule has 3 nitrogen and oxygen atoms in total. The number of aromatic nitrogens is 1. The van der Waals surface area contributed by atoms with Gasteiger partial charge in [-0.15, -0.1) is 0 Å². The molecule has 1 aliphatic carbocycles. The Morgan fingerprint density at radius 2 is 2.11 bits per heavy atom. The van der Waals surface area contributed by atoms with E-state index in [1.165, 1.54) is 6.42 Å². The number of hydrogen-bond donors (Lipinski definition) is 1. The third-order valence-corrected chi connectivity index (χ3v) is 3.77. The van der Waals surface area contributed by atoms with Crippen LogP contribution in [0.5, 0.6) is 0 Å². The topological polar surface area (TPSA) is 42.0 Å². The summed E-state index contributed by atoms with van der Waals surface area (Å²) in [5.74, 6) is 0.0164. The van der Waals surface area contributed by atoms with Crippen LogP contribution >= 0.6 is 0 Å². The largest absolute Gasteiger partial charge is 0.349 e. The van der Waals surface area contributed by atoms with Crippen LogP contribution < -0.4 is 5.32 Å². The van der Waals surface area contributed by atoms with Crippen molar-refractivity contribution in [2.45, 2.75) is 53.0 Å². The number of nitrogens with zero attached hydrogens (tertiary/aromatic N) is 1. The SMILES string of the molecule is Cc1ccc(C(=O)NC2CCC(C)(C)C2)c(C)n1. The van der Waals surface area contributed by atoms with Crippen LogP contribution in [-0.2, 0) is 0 Å². The van der Waals surface area contributed by atoms with Gasteiger partial charge in [-0.25, -0.2) is 0 Å². The Balaban J connectivity index is 2.04. The summed E-state index contributed by atoms with van der Waals surface area (Å²) in [5.41, 5.74) is 2.82. The van der Waals surface area contributed by atoms with E-state index < -0.39 is 0 Å². The Kier molecular flexibility index (Phi) is 3.42. The Morgan fingerprint density at radius 3 is 2.67 bits per heavy atom. The highest BCUT2D eigenvalue weighted by atomic mass is 16.1. The molecule has 1 aromatic rings. The molecule has 1 atom stereocenters. The van der Waals surface area contributed by atoms with Gasteiger partial charge in [0.1, 0.15) is 0 Å². The molecule has 0 spiro atoms. The van der Waals surface area contributed by atoms with Crippen molar-refractivity contribution in [3.05, 3.63) is 29.1 Å². The second kappa shape index (κ2) is 4.71. The Bertz CT molecular complexity index is 466. The molecule has 0 bridgehead atoms. The van der Waals surface area contributed by atoms with Gasteiger partial charge in [-0.1, -0.05) is 13.8 Å². The van der Waals surface area contributed by atoms with Crippen LogP contribution in [-0.4, -0.2) is 16.9 Å². The van der Waals surface area contributed by atoms with E-state index in [9.17, 15) is 4.79 Å². The summed E-state index contributed by atoms with van der Waals surface area (Å²) >= 11 is 0. The lowest BCUT2D eigenvalue weighted by Crippen LogP contribution is -2.34. The fourth-order valence-corrected chi connectivity index (χ4v) is 2.75. The van der Waals surface area contributed by atoms with Gasteiger partial charge in [0.2, 0.25) is 0 Å². The molecule has 1 fully saturated rings. The number of carbonyl (C=O) groups excluding carboxylic acids is 1. The van der Waals surface area contributed by atoms with Crippen molar-refractivity contribution in [2.75, 3.05) is 0 Å². The minimum atomic E-state index is 0.0164. The van der Waals surface area contributed by atoms with Gasteiger partial charge < -0.3 is 5.32 Å². The average Bonchev–Trinajstić information content (AvgIpc) is 2.57. The summed E-state index contributed by atoms with van der Waals surface area (Å²) in [4.78, 5) is 16.5. The number of rotatable bonds is 2. The van der Waals surface area contributed by atoms with Crippen LogP contribution in [0.4, 0.5) is 0 Å². The third kappa shape index (κ3) is 2.89. The van der Waals surface area contributed by atoms with Gasteiger partial charge in [0.25, 0.3) is 5.91 Å². The molecule has 1 aromatic heterocycles. The quantitative estimate of drug-likeness (QED) is 0.871. The summed E-state index contributed by atoms with van der Waals surface area (Å²) in [6.45, 7) is 8.35. The van der Waals surface area contributed by atoms with Gasteiger partial charge in [0.15, 0.2) is 0 Å². The predicted molar refractivity (Wildman–Crippen MR) is 72.6 cm³/mol. The standard InChI is InChI=1S/C15H22N2O/c1-10-5-6-13(11(2)16-10)14(18)17-12-7-8-15(3,4)9-12/h5-6,12H,7-9H2,1-4H3,(H,17,18). The first-order valence-corrected chi connectivity index (χ1v) is 6.62. The zero-order valence-electron chi connectivity index (χ0n) is 11.7. The molecule has 1 aliphatic rings. The van der Waals surface area contributed by atoms with Gasteiger partial charge in [0.05, 0.1) is 11.3 Å². The van der Waals surface area contributed by atoms with Crippen LogP contribution in [0.1, 0.15) is 54.9 Å². The van der Waals surface area contributed by atoms with Crippen LogP contribution in [0.15, 0.2) is 12.1 Å². The Morgan fingerprint density at radius 1 is 1.39 bits per heavy atom. The number of pyridine rings is 1. The highest BCUT2D eigenvalue weighted by Crippen LogP contribution is 2.36. The van der Waals surface area contributed by atoms with Gasteiger partial charge in [-0.05, 0) is 50.7 Å². The van der Waals surface area contributed by atoms with Gasteiger partial charge in [-0.3, -0.25) is 9.78 Å². The fourth-order valence-electron chi connectivity index (χ4n) is 2.75. The molecule has 1 amide bonds. The molecule has 1 saturated carbocycles. The van der Waals surface area contributed by atoms with Crippen molar-refractivity contribution in [2.24, 2.45) is 5.41 Å². The second-order valence-electron chi connectivity index (χ2n) is 6.16. The zero-order valence-corrected chi connectivity index (χ0v) is 11.7. The number of amides is 1. The lowest BCUT2D eigenvalue weighted by Gasteiger charge is -2.18. The van der Waals surface area contributed by atoms with E-state index in [0.717, 1.165) is 24.2 Å². The summed E-state index contributed by atoms with van der Waals surface area (Å²) < 4.78 is 0. The predicted octanol–water partition coefficient (Wildman–Crippen LogP) is 3.01. The van der Waals surface area contributed by atoms with Crippen LogP contribution in [0, 0.1) is 19.3 Å². The maximum Gasteiger partial charge on any atom is 0.253 e. The molecule has 1 N–H and O–H groups in total. The molecule has 0 saturated heterocycles. The summed E-state index contributed by atoms with van der Waals surface area (Å²) in [5, 5.41) is 3.13. The number of hydrogen-bond acceptors (Lipinski definition) is 2. The molecular weight excluding hydrogens is 224 g/mol. The van der Waals surface area contributed by atoms with Gasteiger partial charge in [-0.2, -0.15) is 0 Å². The average molecular weight is 246 g/mol. The van der Waals surface area contributed by atoms with E-state index in [0.29, 0.717) is 17.0 Å². The van der Waals surface area contributed by atoms with E-state index >= 15 is 0 Å². The van der Waals surface area contributed by atoms with Crippen LogP contribution in [0.25, 0.3) is 0 Å². The first-order valence-electron chi connectivity index (χ1n) is 6.62. The van der Waals surface area contributed by atoms with E-state index in [-0.39, 0.29) is 5.91 Å². The molecule has 1 unspecified atom stereocenters. The molecule has 3 heteroatoms. The summed E-state index contributed by atoms with van der Waals surface area (Å²) in [6.07, 6.45) is 3.33. The van der Waals surface area contributed by atoms with Crippen molar-refractivity contribution in [1.82, 2.24) is 10.3 Å². The molecular formula is C15H22N2O. The lowest BCUT2D eigenvalue weighted by molar-refractivity contribution is 0.0935. The van der Waals surface area contributed by atoms with Crippen LogP contribution in [0.2, 0.25) is 0 Å². The normalized spacial score (nSPS) is 21.9. The van der Waals surface area contributed by atoms with E-state index in [2.05, 4.69) is 24.1 Å². The monoisotopic (exact) mass is 246 g/mol. The van der Waals surface area contributed by atoms with Crippen molar-refractivity contribution >= 4 is 5.91 Å². The Labute approximate surface area is 109 Å². The third-order valence-electron chi connectivity index (χ3n) is 3.77. The highest BCUT2D eigenvalue weighted by Gasteiger charge is 2.31. The maximum absolute atomic E-state index is 12.2. The number of aryl methyl sites for hydroxylation is 2. The second-order valence-corrected chi connectivity index (χ2v) is 6.16. The first-order chi connectivity index (χ1) is 8.37. The smallest absolute Gasteiger partial charge is 0.253 e.